The number of nitrogens with two attached hydrogens (primary N) is 1. The van der Waals surface area contributed by atoms with E-state index in [1.807, 2.05) is 0 Å². The molecule has 0 aliphatic carbocycles. The molecule has 3 N–H and O–H groups in total. The zero-order valence-corrected chi connectivity index (χ0v) is 11.0. The number of nitrogens with zero attached hydrogens (tertiary/aromatic N) is 1. The molecule has 3 nitrogen and oxygen atoms in total. The van der Waals surface area contributed by atoms with Crippen molar-refractivity contribution < 1.29 is 5.11 Å². The summed E-state index contributed by atoms with van der Waals surface area (Å²) in [5, 5.41) is 9.74. The van der Waals surface area contributed by atoms with E-state index in [0.717, 1.165) is 19.5 Å². The predicted molar refractivity (Wildman–Crippen MR) is 74.2 cm³/mol. The Bertz CT molecular complexity index is 342. The molecule has 2 atom stereocenters. The molecule has 1 aromatic carbocycles. The first kappa shape index (κ1) is 13.5. The van der Waals surface area contributed by atoms with Crippen LogP contribution in [0.2, 0.25) is 0 Å². The first-order chi connectivity index (χ1) is 8.79. The summed E-state index contributed by atoms with van der Waals surface area (Å²) in [7, 11) is 0. The Kier molecular flexibility index (Phi) is 5.17. The van der Waals surface area contributed by atoms with Crippen LogP contribution in [-0.2, 0) is 6.54 Å². The molecule has 0 aromatic heterocycles. The molecule has 1 heterocycles. The maximum atomic E-state index is 9.74. The highest BCUT2D eigenvalue weighted by Crippen LogP contribution is 2.22. The molecule has 2 rings (SSSR count). The Morgan fingerprint density at radius 2 is 2.06 bits per heavy atom. The lowest BCUT2D eigenvalue weighted by Gasteiger charge is -2.36. The minimum atomic E-state index is -0.355. The van der Waals surface area contributed by atoms with Gasteiger partial charge in [0, 0.05) is 19.1 Å². The topological polar surface area (TPSA) is 49.5 Å². The van der Waals surface area contributed by atoms with Crippen molar-refractivity contribution in [3.05, 3.63) is 35.9 Å². The van der Waals surface area contributed by atoms with E-state index in [0.29, 0.717) is 12.6 Å². The largest absolute Gasteiger partial charge is 0.392 e. The van der Waals surface area contributed by atoms with Gasteiger partial charge in [-0.3, -0.25) is 4.90 Å². The fourth-order valence-corrected chi connectivity index (χ4v) is 2.76. The number of aliphatic hydroxyl groups excluding tert-OH is 1. The zero-order valence-electron chi connectivity index (χ0n) is 11.0. The van der Waals surface area contributed by atoms with Crippen LogP contribution in [0.25, 0.3) is 0 Å². The summed E-state index contributed by atoms with van der Waals surface area (Å²) in [5.74, 6) is 0. The number of hydrogen-bond acceptors (Lipinski definition) is 3. The molecular formula is C15H24N2O. The van der Waals surface area contributed by atoms with E-state index in [4.69, 9.17) is 5.73 Å². The van der Waals surface area contributed by atoms with E-state index >= 15 is 0 Å². The minimum absolute atomic E-state index is 0.355. The second-order valence-electron chi connectivity index (χ2n) is 5.23. The predicted octanol–water partition coefficient (Wildman–Crippen LogP) is 1.75. The molecule has 2 unspecified atom stereocenters. The van der Waals surface area contributed by atoms with Crippen LogP contribution < -0.4 is 5.73 Å². The van der Waals surface area contributed by atoms with Gasteiger partial charge in [-0.1, -0.05) is 36.8 Å². The third kappa shape index (κ3) is 3.80. The highest BCUT2D eigenvalue weighted by atomic mass is 16.3. The average molecular weight is 248 g/mol. The molecule has 1 aliphatic rings. The first-order valence-electron chi connectivity index (χ1n) is 6.95. The van der Waals surface area contributed by atoms with Crippen molar-refractivity contribution in [1.82, 2.24) is 4.90 Å². The van der Waals surface area contributed by atoms with E-state index in [9.17, 15) is 5.11 Å². The quantitative estimate of drug-likeness (QED) is 0.834. The summed E-state index contributed by atoms with van der Waals surface area (Å²) in [6.45, 7) is 2.50. The molecule has 1 aromatic rings. The van der Waals surface area contributed by atoms with Crippen molar-refractivity contribution in [2.45, 2.75) is 44.4 Å². The number of piperidine rings is 1. The van der Waals surface area contributed by atoms with Crippen LogP contribution in [0.1, 0.15) is 31.2 Å². The third-order valence-corrected chi connectivity index (χ3v) is 3.79. The van der Waals surface area contributed by atoms with Gasteiger partial charge >= 0.3 is 0 Å². The summed E-state index contributed by atoms with van der Waals surface area (Å²) < 4.78 is 0. The normalized spacial score (nSPS) is 22.9. The molecule has 0 saturated carbocycles. The van der Waals surface area contributed by atoms with Gasteiger partial charge in [0.25, 0.3) is 0 Å². The first-order valence-corrected chi connectivity index (χ1v) is 6.95. The summed E-state index contributed by atoms with van der Waals surface area (Å²) >= 11 is 0. The van der Waals surface area contributed by atoms with Gasteiger partial charge in [0.05, 0.1) is 6.10 Å². The van der Waals surface area contributed by atoms with Crippen molar-refractivity contribution in [1.29, 1.82) is 0 Å². The van der Waals surface area contributed by atoms with Gasteiger partial charge in [0.1, 0.15) is 0 Å². The van der Waals surface area contributed by atoms with Crippen LogP contribution in [0.15, 0.2) is 30.3 Å². The van der Waals surface area contributed by atoms with Crippen LogP contribution in [0, 0.1) is 0 Å². The second-order valence-corrected chi connectivity index (χ2v) is 5.23. The van der Waals surface area contributed by atoms with E-state index < -0.39 is 0 Å². The molecule has 3 heteroatoms. The van der Waals surface area contributed by atoms with Crippen molar-refractivity contribution >= 4 is 0 Å². The number of benzene rings is 1. The van der Waals surface area contributed by atoms with Crippen LogP contribution in [-0.4, -0.2) is 35.2 Å². The lowest BCUT2D eigenvalue weighted by molar-refractivity contribution is 0.0775. The molecule has 1 aliphatic heterocycles. The number of aliphatic hydroxyl groups is 1. The Balaban J connectivity index is 1.95. The Labute approximate surface area is 110 Å². The highest BCUT2D eigenvalue weighted by Gasteiger charge is 2.24. The second kappa shape index (κ2) is 6.88. The van der Waals surface area contributed by atoms with Crippen LogP contribution in [0.3, 0.4) is 0 Å². The standard InChI is InChI=1S/C15H24N2O/c16-11-15(18)10-14-8-4-5-9-17(14)12-13-6-2-1-3-7-13/h1-3,6-7,14-15,18H,4-5,8-12,16H2. The maximum Gasteiger partial charge on any atom is 0.0677 e. The molecule has 1 fully saturated rings. The molecule has 0 amide bonds. The minimum Gasteiger partial charge on any atom is -0.392 e. The van der Waals surface area contributed by atoms with Gasteiger partial charge in [-0.15, -0.1) is 0 Å². The number of rotatable bonds is 5. The fourth-order valence-electron chi connectivity index (χ4n) is 2.76. The summed E-state index contributed by atoms with van der Waals surface area (Å²) in [6, 6.07) is 11.1. The lowest BCUT2D eigenvalue weighted by Crippen LogP contribution is -2.42. The number of hydrogen-bond donors (Lipinski definition) is 2. The lowest BCUT2D eigenvalue weighted by atomic mass is 9.96. The SMILES string of the molecule is NCC(O)CC1CCCCN1Cc1ccccc1. The van der Waals surface area contributed by atoms with Gasteiger partial charge < -0.3 is 10.8 Å². The van der Waals surface area contributed by atoms with Gasteiger partial charge in [0.15, 0.2) is 0 Å². The van der Waals surface area contributed by atoms with Crippen LogP contribution >= 0.6 is 0 Å². The van der Waals surface area contributed by atoms with Crippen molar-refractivity contribution in [2.75, 3.05) is 13.1 Å². The van der Waals surface area contributed by atoms with Crippen LogP contribution in [0.4, 0.5) is 0 Å². The van der Waals surface area contributed by atoms with E-state index in [-0.39, 0.29) is 6.10 Å². The third-order valence-electron chi connectivity index (χ3n) is 3.79. The number of likely N-dealkylation sites (tertiary alicyclic amines) is 1. The van der Waals surface area contributed by atoms with Gasteiger partial charge in [-0.2, -0.15) is 0 Å². The molecular weight excluding hydrogens is 224 g/mol. The van der Waals surface area contributed by atoms with Crippen molar-refractivity contribution in [3.8, 4) is 0 Å². The Hall–Kier alpha value is -0.900. The summed E-state index contributed by atoms with van der Waals surface area (Å²) in [6.07, 6.45) is 4.18. The van der Waals surface area contributed by atoms with Gasteiger partial charge in [-0.25, -0.2) is 0 Å². The molecule has 1 saturated heterocycles. The van der Waals surface area contributed by atoms with Crippen molar-refractivity contribution in [3.63, 3.8) is 0 Å². The Morgan fingerprint density at radius 1 is 1.28 bits per heavy atom. The van der Waals surface area contributed by atoms with Crippen molar-refractivity contribution in [2.24, 2.45) is 5.73 Å². The highest BCUT2D eigenvalue weighted by molar-refractivity contribution is 5.14. The van der Waals surface area contributed by atoms with Gasteiger partial charge in [0.2, 0.25) is 0 Å². The van der Waals surface area contributed by atoms with E-state index in [2.05, 4.69) is 35.2 Å². The monoisotopic (exact) mass is 248 g/mol. The molecule has 100 valence electrons. The molecule has 0 radical (unpaired) electrons. The molecule has 18 heavy (non-hydrogen) atoms. The zero-order chi connectivity index (χ0) is 12.8. The van der Waals surface area contributed by atoms with E-state index in [1.165, 1.54) is 24.8 Å². The average Bonchev–Trinajstić information content (AvgIpc) is 2.42. The Morgan fingerprint density at radius 3 is 2.78 bits per heavy atom. The molecule has 0 bridgehead atoms. The smallest absolute Gasteiger partial charge is 0.0677 e. The van der Waals surface area contributed by atoms with E-state index in [1.54, 1.807) is 0 Å². The molecule has 0 spiro atoms. The van der Waals surface area contributed by atoms with Crippen LogP contribution in [0.5, 0.6) is 0 Å². The summed E-state index contributed by atoms with van der Waals surface area (Å²) in [4.78, 5) is 2.50. The summed E-state index contributed by atoms with van der Waals surface area (Å²) in [5.41, 5.74) is 6.87. The fraction of sp³-hybridized carbons (Fsp3) is 0.600. The van der Waals surface area contributed by atoms with Gasteiger partial charge in [-0.05, 0) is 31.4 Å². The maximum absolute atomic E-state index is 9.74.